The zero-order valence-electron chi connectivity index (χ0n) is 12.1. The number of nitrogens with zero attached hydrogens (tertiary/aromatic N) is 3. The van der Waals surface area contributed by atoms with Crippen LogP contribution in [0.4, 0.5) is 10.2 Å². The van der Waals surface area contributed by atoms with E-state index in [1.54, 1.807) is 13.8 Å². The number of rotatable bonds is 4. The van der Waals surface area contributed by atoms with E-state index < -0.39 is 11.9 Å². The minimum Gasteiger partial charge on any atom is -0.387 e. The molecular formula is C15H14ClFN4O. The molecular weight excluding hydrogens is 307 g/mol. The van der Waals surface area contributed by atoms with E-state index in [4.69, 9.17) is 11.6 Å². The van der Waals surface area contributed by atoms with Gasteiger partial charge in [-0.15, -0.1) is 5.10 Å². The van der Waals surface area contributed by atoms with Gasteiger partial charge in [-0.1, -0.05) is 17.7 Å². The van der Waals surface area contributed by atoms with E-state index in [1.165, 1.54) is 18.2 Å². The minimum absolute atomic E-state index is 0.00398. The van der Waals surface area contributed by atoms with Crippen LogP contribution in [0.15, 0.2) is 18.2 Å². The smallest absolute Gasteiger partial charge is 0.167 e. The lowest BCUT2D eigenvalue weighted by Gasteiger charge is -2.14. The molecule has 1 heterocycles. The highest BCUT2D eigenvalue weighted by molar-refractivity contribution is 6.30. The average Bonchev–Trinajstić information content (AvgIpc) is 2.50. The molecule has 7 heteroatoms. The lowest BCUT2D eigenvalue weighted by molar-refractivity contribution is 0.191. The molecule has 0 amide bonds. The molecule has 0 fully saturated rings. The van der Waals surface area contributed by atoms with Gasteiger partial charge in [0, 0.05) is 6.54 Å². The fourth-order valence-electron chi connectivity index (χ4n) is 1.90. The molecule has 0 bridgehead atoms. The Bertz CT molecular complexity index is 745. The van der Waals surface area contributed by atoms with Gasteiger partial charge in [0.25, 0.3) is 0 Å². The highest BCUT2D eigenvalue weighted by Crippen LogP contribution is 2.22. The van der Waals surface area contributed by atoms with Crippen LogP contribution in [0.3, 0.4) is 0 Å². The molecule has 5 nitrogen and oxygen atoms in total. The number of aromatic nitrogens is 2. The Kier molecular flexibility index (Phi) is 4.91. The summed E-state index contributed by atoms with van der Waals surface area (Å²) in [5, 5.41) is 30.0. The van der Waals surface area contributed by atoms with Crippen LogP contribution in [0.1, 0.15) is 28.5 Å². The molecule has 1 aromatic carbocycles. The number of aliphatic hydroxyl groups excluding tert-OH is 1. The van der Waals surface area contributed by atoms with Crippen molar-refractivity contribution in [1.82, 2.24) is 10.2 Å². The van der Waals surface area contributed by atoms with Crippen molar-refractivity contribution in [2.75, 3.05) is 11.9 Å². The van der Waals surface area contributed by atoms with Gasteiger partial charge in [0.2, 0.25) is 0 Å². The normalized spacial score (nSPS) is 11.8. The van der Waals surface area contributed by atoms with Crippen LogP contribution < -0.4 is 5.32 Å². The van der Waals surface area contributed by atoms with E-state index in [1.807, 2.05) is 0 Å². The van der Waals surface area contributed by atoms with Crippen LogP contribution >= 0.6 is 11.6 Å². The van der Waals surface area contributed by atoms with Crippen LogP contribution in [-0.2, 0) is 0 Å². The highest BCUT2D eigenvalue weighted by atomic mass is 35.5. The number of halogens is 2. The molecule has 2 N–H and O–H groups in total. The first-order valence-electron chi connectivity index (χ1n) is 6.55. The van der Waals surface area contributed by atoms with Crippen LogP contribution in [0.25, 0.3) is 0 Å². The average molecular weight is 321 g/mol. The lowest BCUT2D eigenvalue weighted by atomic mass is 10.1. The molecule has 0 saturated carbocycles. The van der Waals surface area contributed by atoms with Crippen molar-refractivity contribution in [3.05, 3.63) is 51.4 Å². The molecule has 1 unspecified atom stereocenters. The summed E-state index contributed by atoms with van der Waals surface area (Å²) in [4.78, 5) is 0. The topological polar surface area (TPSA) is 81.8 Å². The molecule has 2 aromatic rings. The third-order valence-electron chi connectivity index (χ3n) is 3.36. The fourth-order valence-corrected chi connectivity index (χ4v) is 2.02. The first-order chi connectivity index (χ1) is 10.4. The summed E-state index contributed by atoms with van der Waals surface area (Å²) >= 11 is 5.60. The molecule has 0 aliphatic heterocycles. The summed E-state index contributed by atoms with van der Waals surface area (Å²) in [5.74, 6) is -0.305. The van der Waals surface area contributed by atoms with Gasteiger partial charge in [-0.2, -0.15) is 10.4 Å². The number of aliphatic hydroxyl groups is 1. The van der Waals surface area contributed by atoms with E-state index in [-0.39, 0.29) is 11.6 Å². The SMILES string of the molecule is Cc1nnc(NCC(O)c2ccc(Cl)c(F)c2)c(C#N)c1C. The van der Waals surface area contributed by atoms with Crippen molar-refractivity contribution in [3.8, 4) is 6.07 Å². The summed E-state index contributed by atoms with van der Waals surface area (Å²) in [6, 6.07) is 6.15. The molecule has 0 aliphatic carbocycles. The van der Waals surface area contributed by atoms with Gasteiger partial charge in [0.1, 0.15) is 17.4 Å². The van der Waals surface area contributed by atoms with Gasteiger partial charge >= 0.3 is 0 Å². The molecule has 0 radical (unpaired) electrons. The Morgan fingerprint density at radius 3 is 2.77 bits per heavy atom. The van der Waals surface area contributed by atoms with Gasteiger partial charge in [-0.3, -0.25) is 0 Å². The van der Waals surface area contributed by atoms with Crippen molar-refractivity contribution in [1.29, 1.82) is 5.26 Å². The van der Waals surface area contributed by atoms with Crippen molar-refractivity contribution in [2.45, 2.75) is 20.0 Å². The van der Waals surface area contributed by atoms with Crippen LogP contribution in [-0.4, -0.2) is 21.8 Å². The van der Waals surface area contributed by atoms with E-state index >= 15 is 0 Å². The second kappa shape index (κ2) is 6.69. The quantitative estimate of drug-likeness (QED) is 0.905. The third kappa shape index (κ3) is 3.32. The maximum Gasteiger partial charge on any atom is 0.167 e. The van der Waals surface area contributed by atoms with Crippen LogP contribution in [0.2, 0.25) is 5.02 Å². The molecule has 0 saturated heterocycles. The molecule has 2 rings (SSSR count). The number of hydrogen-bond donors (Lipinski definition) is 2. The number of benzene rings is 1. The zero-order valence-corrected chi connectivity index (χ0v) is 12.8. The maximum absolute atomic E-state index is 13.4. The predicted molar refractivity (Wildman–Crippen MR) is 81.1 cm³/mol. The summed E-state index contributed by atoms with van der Waals surface area (Å²) in [7, 11) is 0. The Morgan fingerprint density at radius 2 is 2.14 bits per heavy atom. The molecule has 22 heavy (non-hydrogen) atoms. The van der Waals surface area contributed by atoms with Crippen molar-refractivity contribution >= 4 is 17.4 Å². The molecule has 1 atom stereocenters. The number of anilines is 1. The van der Waals surface area contributed by atoms with Gasteiger partial charge in [0.05, 0.1) is 16.8 Å². The summed E-state index contributed by atoms with van der Waals surface area (Å²) in [6.07, 6.45) is -0.971. The van der Waals surface area contributed by atoms with Gasteiger partial charge in [-0.05, 0) is 37.1 Å². The zero-order chi connectivity index (χ0) is 16.3. The number of hydrogen-bond acceptors (Lipinski definition) is 5. The molecule has 0 spiro atoms. The predicted octanol–water partition coefficient (Wildman–Crippen LogP) is 2.90. The number of aryl methyl sites for hydroxylation is 1. The molecule has 0 aliphatic rings. The van der Waals surface area contributed by atoms with Gasteiger partial charge in [-0.25, -0.2) is 4.39 Å². The van der Waals surface area contributed by atoms with E-state index in [0.29, 0.717) is 22.6 Å². The fraction of sp³-hybridized carbons (Fsp3) is 0.267. The Balaban J connectivity index is 2.15. The van der Waals surface area contributed by atoms with Crippen LogP contribution in [0.5, 0.6) is 0 Å². The van der Waals surface area contributed by atoms with Gasteiger partial charge < -0.3 is 10.4 Å². The van der Waals surface area contributed by atoms with E-state index in [9.17, 15) is 14.8 Å². The van der Waals surface area contributed by atoms with E-state index in [0.717, 1.165) is 5.56 Å². The number of nitrogens with one attached hydrogen (secondary N) is 1. The Morgan fingerprint density at radius 1 is 1.41 bits per heavy atom. The van der Waals surface area contributed by atoms with Crippen molar-refractivity contribution in [3.63, 3.8) is 0 Å². The third-order valence-corrected chi connectivity index (χ3v) is 3.66. The second-order valence-electron chi connectivity index (χ2n) is 4.82. The van der Waals surface area contributed by atoms with Crippen LogP contribution in [0, 0.1) is 31.0 Å². The minimum atomic E-state index is -0.971. The van der Waals surface area contributed by atoms with Crippen molar-refractivity contribution < 1.29 is 9.50 Å². The first kappa shape index (κ1) is 16.1. The van der Waals surface area contributed by atoms with Crippen molar-refractivity contribution in [2.24, 2.45) is 0 Å². The highest BCUT2D eigenvalue weighted by Gasteiger charge is 2.14. The largest absolute Gasteiger partial charge is 0.387 e. The van der Waals surface area contributed by atoms with Gasteiger partial charge in [0.15, 0.2) is 5.82 Å². The monoisotopic (exact) mass is 320 g/mol. The molecule has 1 aromatic heterocycles. The first-order valence-corrected chi connectivity index (χ1v) is 6.92. The molecule has 114 valence electrons. The summed E-state index contributed by atoms with van der Waals surface area (Å²) in [6.45, 7) is 3.60. The Hall–Kier alpha value is -2.23. The second-order valence-corrected chi connectivity index (χ2v) is 5.22. The standard InChI is InChI=1S/C15H14ClFN4O/c1-8-9(2)20-21-15(11(8)6-18)19-7-14(22)10-3-4-12(16)13(17)5-10/h3-5,14,22H,7H2,1-2H3,(H,19,21). The summed E-state index contributed by atoms with van der Waals surface area (Å²) in [5.41, 5.74) is 2.15. The lowest BCUT2D eigenvalue weighted by Crippen LogP contribution is -2.15. The maximum atomic E-state index is 13.4. The Labute approximate surface area is 132 Å². The van der Waals surface area contributed by atoms with E-state index in [2.05, 4.69) is 21.6 Å². The number of nitriles is 1. The summed E-state index contributed by atoms with van der Waals surface area (Å²) < 4.78 is 13.4.